The van der Waals surface area contributed by atoms with Gasteiger partial charge in [0.15, 0.2) is 0 Å². The lowest BCUT2D eigenvalue weighted by Crippen LogP contribution is -2.33. The Morgan fingerprint density at radius 1 is 1.35 bits per heavy atom. The molecule has 1 saturated heterocycles. The quantitative estimate of drug-likeness (QED) is 0.864. The van der Waals surface area contributed by atoms with Crippen molar-refractivity contribution in [2.45, 2.75) is 50.5 Å². The number of benzene rings is 1. The van der Waals surface area contributed by atoms with Crippen LogP contribution in [0.15, 0.2) is 23.1 Å². The number of hydrogen-bond donors (Lipinski definition) is 1. The van der Waals surface area contributed by atoms with E-state index in [0.717, 1.165) is 37.8 Å². The molecule has 0 bridgehead atoms. The minimum atomic E-state index is -3.89. The van der Waals surface area contributed by atoms with Crippen molar-refractivity contribution in [3.63, 3.8) is 0 Å². The molecule has 0 aliphatic carbocycles. The summed E-state index contributed by atoms with van der Waals surface area (Å²) in [4.78, 5) is 11.8. The Hall–Kier alpha value is -1.47. The topological polar surface area (TPSA) is 66.5 Å². The minimum absolute atomic E-state index is 0.0174. The summed E-state index contributed by atoms with van der Waals surface area (Å²) in [5, 5.41) is 2.79. The number of rotatable bonds is 6. The monoisotopic (exact) mass is 342 g/mol. The summed E-state index contributed by atoms with van der Waals surface area (Å²) >= 11 is 0. The lowest BCUT2D eigenvalue weighted by atomic mass is 10.1. The molecule has 0 aromatic heterocycles. The highest BCUT2D eigenvalue weighted by molar-refractivity contribution is 7.89. The van der Waals surface area contributed by atoms with Gasteiger partial charge < -0.3 is 5.32 Å². The third-order valence-corrected chi connectivity index (χ3v) is 5.89. The van der Waals surface area contributed by atoms with Crippen LogP contribution in [0.1, 0.15) is 49.9 Å². The third-order valence-electron chi connectivity index (χ3n) is 3.98. The van der Waals surface area contributed by atoms with Crippen molar-refractivity contribution in [1.29, 1.82) is 0 Å². The molecule has 1 unspecified atom stereocenters. The van der Waals surface area contributed by atoms with E-state index >= 15 is 0 Å². The van der Waals surface area contributed by atoms with Crippen LogP contribution in [0.25, 0.3) is 0 Å². The smallest absolute Gasteiger partial charge is 0.251 e. The van der Waals surface area contributed by atoms with Gasteiger partial charge in [-0.25, -0.2) is 12.8 Å². The van der Waals surface area contributed by atoms with E-state index in [0.29, 0.717) is 13.1 Å². The number of amides is 1. The molecular weight excluding hydrogens is 319 g/mol. The van der Waals surface area contributed by atoms with Gasteiger partial charge in [0.2, 0.25) is 10.0 Å². The fourth-order valence-electron chi connectivity index (χ4n) is 2.72. The standard InChI is InChI=1S/C16H23FN2O3S/c1-3-6-12(2)18-16(20)13-7-8-14(17)15(11-13)23(21,22)19-9-4-5-10-19/h7-8,11-12H,3-6,9-10H2,1-2H3,(H,18,20). The first-order valence-electron chi connectivity index (χ1n) is 7.97. The maximum Gasteiger partial charge on any atom is 0.251 e. The molecule has 1 aromatic rings. The molecule has 7 heteroatoms. The molecule has 1 amide bonds. The van der Waals surface area contributed by atoms with Crippen molar-refractivity contribution in [3.05, 3.63) is 29.6 Å². The van der Waals surface area contributed by atoms with Crippen molar-refractivity contribution >= 4 is 15.9 Å². The Balaban J connectivity index is 2.27. The lowest BCUT2D eigenvalue weighted by molar-refractivity contribution is 0.0938. The van der Waals surface area contributed by atoms with Crippen LogP contribution >= 0.6 is 0 Å². The Morgan fingerprint density at radius 2 is 2.00 bits per heavy atom. The summed E-state index contributed by atoms with van der Waals surface area (Å²) in [6, 6.07) is 3.47. The van der Waals surface area contributed by atoms with E-state index < -0.39 is 20.7 Å². The highest BCUT2D eigenvalue weighted by Gasteiger charge is 2.30. The van der Waals surface area contributed by atoms with Gasteiger partial charge in [-0.15, -0.1) is 0 Å². The molecule has 1 aromatic carbocycles. The summed E-state index contributed by atoms with van der Waals surface area (Å²) in [6.45, 7) is 4.69. The zero-order valence-corrected chi connectivity index (χ0v) is 14.3. The number of carbonyl (C=O) groups is 1. The van der Waals surface area contributed by atoms with Gasteiger partial charge in [-0.05, 0) is 44.4 Å². The van der Waals surface area contributed by atoms with Crippen molar-refractivity contribution in [1.82, 2.24) is 9.62 Å². The zero-order valence-electron chi connectivity index (χ0n) is 13.5. The van der Waals surface area contributed by atoms with Gasteiger partial charge in [-0.1, -0.05) is 13.3 Å². The summed E-state index contributed by atoms with van der Waals surface area (Å²) in [7, 11) is -3.89. The Bertz CT molecular complexity index is 670. The summed E-state index contributed by atoms with van der Waals surface area (Å²) < 4.78 is 40.3. The molecule has 1 fully saturated rings. The van der Waals surface area contributed by atoms with Crippen molar-refractivity contribution in [2.75, 3.05) is 13.1 Å². The average Bonchev–Trinajstić information content (AvgIpc) is 3.02. The second-order valence-electron chi connectivity index (χ2n) is 5.92. The molecule has 23 heavy (non-hydrogen) atoms. The molecule has 2 rings (SSSR count). The molecule has 1 atom stereocenters. The predicted octanol–water partition coefficient (Wildman–Crippen LogP) is 2.53. The number of hydrogen-bond acceptors (Lipinski definition) is 3. The zero-order chi connectivity index (χ0) is 17.0. The van der Waals surface area contributed by atoms with Crippen LogP contribution in [0, 0.1) is 5.82 Å². The third kappa shape index (κ3) is 4.09. The first kappa shape index (κ1) is 17.9. The van der Waals surface area contributed by atoms with E-state index in [2.05, 4.69) is 5.32 Å². The molecule has 128 valence electrons. The lowest BCUT2D eigenvalue weighted by Gasteiger charge is -2.17. The SMILES string of the molecule is CCCC(C)NC(=O)c1ccc(F)c(S(=O)(=O)N2CCCC2)c1. The second kappa shape index (κ2) is 7.40. The summed E-state index contributed by atoms with van der Waals surface area (Å²) in [5.74, 6) is -1.21. The van der Waals surface area contributed by atoms with Gasteiger partial charge in [0.25, 0.3) is 5.91 Å². The Labute approximate surface area is 136 Å². The maximum atomic E-state index is 14.0. The van der Waals surface area contributed by atoms with Gasteiger partial charge in [0, 0.05) is 24.7 Å². The van der Waals surface area contributed by atoms with Crippen LogP contribution < -0.4 is 5.32 Å². The minimum Gasteiger partial charge on any atom is -0.350 e. The first-order valence-corrected chi connectivity index (χ1v) is 9.41. The Kier molecular flexibility index (Phi) is 5.75. The van der Waals surface area contributed by atoms with Crippen LogP contribution in [0.3, 0.4) is 0 Å². The molecule has 1 aliphatic rings. The predicted molar refractivity (Wildman–Crippen MR) is 86.2 cm³/mol. The average molecular weight is 342 g/mol. The molecule has 5 nitrogen and oxygen atoms in total. The van der Waals surface area contributed by atoms with Crippen LogP contribution in [0.4, 0.5) is 4.39 Å². The highest BCUT2D eigenvalue weighted by Crippen LogP contribution is 2.24. The maximum absolute atomic E-state index is 14.0. The van der Waals surface area contributed by atoms with E-state index in [4.69, 9.17) is 0 Å². The van der Waals surface area contributed by atoms with Crippen LogP contribution in [-0.4, -0.2) is 37.8 Å². The number of nitrogens with zero attached hydrogens (tertiary/aromatic N) is 1. The largest absolute Gasteiger partial charge is 0.350 e. The number of carbonyl (C=O) groups excluding carboxylic acids is 1. The molecule has 1 N–H and O–H groups in total. The fourth-order valence-corrected chi connectivity index (χ4v) is 4.33. The molecule has 0 spiro atoms. The molecular formula is C16H23FN2O3S. The number of halogens is 1. The Morgan fingerprint density at radius 3 is 2.61 bits per heavy atom. The van der Waals surface area contributed by atoms with E-state index in [1.807, 2.05) is 13.8 Å². The van der Waals surface area contributed by atoms with Crippen molar-refractivity contribution in [2.24, 2.45) is 0 Å². The molecule has 0 saturated carbocycles. The first-order chi connectivity index (χ1) is 10.9. The van der Waals surface area contributed by atoms with E-state index in [9.17, 15) is 17.6 Å². The van der Waals surface area contributed by atoms with Crippen LogP contribution in [-0.2, 0) is 10.0 Å². The van der Waals surface area contributed by atoms with Gasteiger partial charge in [-0.2, -0.15) is 4.31 Å². The molecule has 0 radical (unpaired) electrons. The summed E-state index contributed by atoms with van der Waals surface area (Å²) in [5.41, 5.74) is 0.159. The van der Waals surface area contributed by atoms with Gasteiger partial charge >= 0.3 is 0 Å². The van der Waals surface area contributed by atoms with Gasteiger partial charge in [0.1, 0.15) is 10.7 Å². The molecule has 1 aliphatic heterocycles. The number of nitrogens with one attached hydrogen (secondary N) is 1. The fraction of sp³-hybridized carbons (Fsp3) is 0.562. The van der Waals surface area contributed by atoms with E-state index in [1.165, 1.54) is 10.4 Å². The van der Waals surface area contributed by atoms with Crippen molar-refractivity contribution in [3.8, 4) is 0 Å². The molecule has 1 heterocycles. The van der Waals surface area contributed by atoms with Crippen LogP contribution in [0.2, 0.25) is 0 Å². The highest BCUT2D eigenvalue weighted by atomic mass is 32.2. The normalized spacial score (nSPS) is 17.2. The van der Waals surface area contributed by atoms with Gasteiger partial charge in [0.05, 0.1) is 0 Å². The van der Waals surface area contributed by atoms with E-state index in [-0.39, 0.29) is 17.5 Å². The van der Waals surface area contributed by atoms with Crippen LogP contribution in [0.5, 0.6) is 0 Å². The second-order valence-corrected chi connectivity index (χ2v) is 7.83. The number of sulfonamides is 1. The van der Waals surface area contributed by atoms with E-state index in [1.54, 1.807) is 0 Å². The summed E-state index contributed by atoms with van der Waals surface area (Å²) in [6.07, 6.45) is 3.30. The van der Waals surface area contributed by atoms with Gasteiger partial charge in [-0.3, -0.25) is 4.79 Å². The van der Waals surface area contributed by atoms with Crippen molar-refractivity contribution < 1.29 is 17.6 Å².